The molecule has 3 rings (SSSR count). The van der Waals surface area contributed by atoms with E-state index in [1.54, 1.807) is 0 Å². The third-order valence-corrected chi connectivity index (χ3v) is 7.00. The first-order valence-electron chi connectivity index (χ1n) is 9.35. The number of hydrogen-bond acceptors (Lipinski definition) is 6. The zero-order valence-corrected chi connectivity index (χ0v) is 17.0. The molecular formula is C18H23F3N4O3S. The van der Waals surface area contributed by atoms with E-state index in [0.717, 1.165) is 12.1 Å². The zero-order valence-electron chi connectivity index (χ0n) is 16.2. The molecule has 0 bridgehead atoms. The number of rotatable bonds is 6. The Morgan fingerprint density at radius 3 is 2.52 bits per heavy atom. The van der Waals surface area contributed by atoms with Crippen LogP contribution in [0.5, 0.6) is 0 Å². The van der Waals surface area contributed by atoms with Gasteiger partial charge in [-0.15, -0.1) is 0 Å². The predicted octanol–water partition coefficient (Wildman–Crippen LogP) is 3.17. The highest BCUT2D eigenvalue weighted by Gasteiger charge is 2.32. The summed E-state index contributed by atoms with van der Waals surface area (Å²) < 4.78 is 69.8. The number of hydrogen-bond donors (Lipinski definition) is 0. The normalized spacial score (nSPS) is 18.1. The van der Waals surface area contributed by atoms with E-state index in [1.807, 2.05) is 18.7 Å². The van der Waals surface area contributed by atoms with Gasteiger partial charge in [-0.25, -0.2) is 8.42 Å². The maximum atomic E-state index is 12.9. The van der Waals surface area contributed by atoms with E-state index in [1.165, 1.54) is 16.4 Å². The van der Waals surface area contributed by atoms with Crippen molar-refractivity contribution in [3.8, 4) is 11.4 Å². The van der Waals surface area contributed by atoms with E-state index in [2.05, 4.69) is 10.1 Å². The van der Waals surface area contributed by atoms with Crippen molar-refractivity contribution in [3.63, 3.8) is 0 Å². The molecule has 1 aliphatic heterocycles. The molecule has 0 saturated carbocycles. The van der Waals surface area contributed by atoms with Gasteiger partial charge in [0.15, 0.2) is 0 Å². The molecule has 0 radical (unpaired) electrons. The molecule has 1 fully saturated rings. The lowest BCUT2D eigenvalue weighted by molar-refractivity contribution is -0.137. The van der Waals surface area contributed by atoms with Gasteiger partial charge < -0.3 is 4.52 Å². The quantitative estimate of drug-likeness (QED) is 0.698. The molecule has 1 aromatic carbocycles. The highest BCUT2D eigenvalue weighted by molar-refractivity contribution is 7.89. The van der Waals surface area contributed by atoms with Crippen molar-refractivity contribution in [1.82, 2.24) is 19.3 Å². The van der Waals surface area contributed by atoms with Gasteiger partial charge in [0.25, 0.3) is 0 Å². The lowest BCUT2D eigenvalue weighted by Gasteiger charge is -2.36. The Labute approximate surface area is 167 Å². The molecule has 1 aliphatic rings. The second-order valence-corrected chi connectivity index (χ2v) is 9.05. The first-order chi connectivity index (χ1) is 13.6. The van der Waals surface area contributed by atoms with Crippen LogP contribution in [0.15, 0.2) is 28.8 Å². The number of nitrogens with zero attached hydrogens (tertiary/aromatic N) is 4. The summed E-state index contributed by atoms with van der Waals surface area (Å²) in [6.07, 6.45) is -3.88. The molecule has 160 valence electrons. The van der Waals surface area contributed by atoms with E-state index < -0.39 is 21.8 Å². The standard InChI is InChI=1S/C18H23F3N4O3S/c1-3-11-29(26,27)25-9-7-24(8-10-25)13(2)17-22-16(23-28-17)14-5-4-6-15(12-14)18(19,20)21/h4-6,12-13H,3,7-11H2,1-2H3. The number of benzene rings is 1. The van der Waals surface area contributed by atoms with Crippen LogP contribution in [-0.4, -0.2) is 59.7 Å². The van der Waals surface area contributed by atoms with Gasteiger partial charge in [0, 0.05) is 31.7 Å². The van der Waals surface area contributed by atoms with Gasteiger partial charge in [0.2, 0.25) is 21.7 Å². The van der Waals surface area contributed by atoms with E-state index in [9.17, 15) is 21.6 Å². The Kier molecular flexibility index (Phi) is 6.30. The fraction of sp³-hybridized carbons (Fsp3) is 0.556. The molecule has 2 aromatic rings. The molecule has 2 heterocycles. The Bertz CT molecular complexity index is 938. The lowest BCUT2D eigenvalue weighted by atomic mass is 10.1. The summed E-state index contributed by atoms with van der Waals surface area (Å²) in [4.78, 5) is 6.27. The summed E-state index contributed by atoms with van der Waals surface area (Å²) in [6.45, 7) is 5.44. The molecule has 1 unspecified atom stereocenters. The number of alkyl halides is 3. The summed E-state index contributed by atoms with van der Waals surface area (Å²) in [5.74, 6) is 0.497. The third kappa shape index (κ3) is 4.96. The van der Waals surface area contributed by atoms with Crippen LogP contribution in [0.25, 0.3) is 11.4 Å². The van der Waals surface area contributed by atoms with E-state index in [4.69, 9.17) is 4.52 Å². The van der Waals surface area contributed by atoms with Gasteiger partial charge in [0.1, 0.15) is 0 Å². The van der Waals surface area contributed by atoms with Crippen molar-refractivity contribution in [3.05, 3.63) is 35.7 Å². The van der Waals surface area contributed by atoms with Crippen LogP contribution in [0.1, 0.15) is 37.8 Å². The fourth-order valence-electron chi connectivity index (χ4n) is 3.27. The number of sulfonamides is 1. The minimum absolute atomic E-state index is 0.0853. The van der Waals surface area contributed by atoms with E-state index in [0.29, 0.717) is 32.6 Å². The molecule has 1 atom stereocenters. The summed E-state index contributed by atoms with van der Waals surface area (Å²) in [6, 6.07) is 4.48. The molecule has 0 N–H and O–H groups in total. The third-order valence-electron chi connectivity index (χ3n) is 4.92. The van der Waals surface area contributed by atoms with Crippen molar-refractivity contribution in [1.29, 1.82) is 0 Å². The topological polar surface area (TPSA) is 79.5 Å². The van der Waals surface area contributed by atoms with Crippen molar-refractivity contribution in [2.24, 2.45) is 0 Å². The van der Waals surface area contributed by atoms with Crippen LogP contribution in [0.4, 0.5) is 13.2 Å². The van der Waals surface area contributed by atoms with Gasteiger partial charge in [-0.05, 0) is 25.5 Å². The minimum Gasteiger partial charge on any atom is -0.337 e. The summed E-state index contributed by atoms with van der Waals surface area (Å²) in [7, 11) is -3.23. The highest BCUT2D eigenvalue weighted by Crippen LogP contribution is 2.32. The Balaban J connectivity index is 1.69. The summed E-state index contributed by atoms with van der Waals surface area (Å²) in [5, 5.41) is 3.82. The highest BCUT2D eigenvalue weighted by atomic mass is 32.2. The van der Waals surface area contributed by atoms with Crippen LogP contribution in [0.2, 0.25) is 0 Å². The molecule has 0 aliphatic carbocycles. The molecule has 1 saturated heterocycles. The molecule has 1 aromatic heterocycles. The second kappa shape index (κ2) is 8.41. The first-order valence-corrected chi connectivity index (χ1v) is 11.0. The molecular weight excluding hydrogens is 409 g/mol. The van der Waals surface area contributed by atoms with Crippen molar-refractivity contribution in [2.45, 2.75) is 32.5 Å². The molecule has 29 heavy (non-hydrogen) atoms. The molecule has 11 heteroatoms. The molecule has 0 amide bonds. The van der Waals surface area contributed by atoms with Gasteiger partial charge in [0.05, 0.1) is 17.4 Å². The van der Waals surface area contributed by atoms with Gasteiger partial charge >= 0.3 is 6.18 Å². The number of halogens is 3. The van der Waals surface area contributed by atoms with Crippen molar-refractivity contribution < 1.29 is 26.1 Å². The first kappa shape index (κ1) is 21.7. The van der Waals surface area contributed by atoms with Gasteiger partial charge in [-0.1, -0.05) is 24.2 Å². The summed E-state index contributed by atoms with van der Waals surface area (Å²) in [5.41, 5.74) is -0.559. The largest absolute Gasteiger partial charge is 0.416 e. The monoisotopic (exact) mass is 432 g/mol. The minimum atomic E-state index is -4.45. The van der Waals surface area contributed by atoms with E-state index in [-0.39, 0.29) is 29.1 Å². The zero-order chi connectivity index (χ0) is 21.2. The van der Waals surface area contributed by atoms with Gasteiger partial charge in [-0.3, -0.25) is 4.90 Å². The predicted molar refractivity (Wildman–Crippen MR) is 100 cm³/mol. The van der Waals surface area contributed by atoms with Crippen LogP contribution < -0.4 is 0 Å². The molecule has 7 nitrogen and oxygen atoms in total. The molecule has 0 spiro atoms. The van der Waals surface area contributed by atoms with Gasteiger partial charge in [-0.2, -0.15) is 22.5 Å². The number of piperazine rings is 1. The van der Waals surface area contributed by atoms with Crippen molar-refractivity contribution in [2.75, 3.05) is 31.9 Å². The van der Waals surface area contributed by atoms with Crippen LogP contribution in [0, 0.1) is 0 Å². The summed E-state index contributed by atoms with van der Waals surface area (Å²) >= 11 is 0. The number of aromatic nitrogens is 2. The Hall–Kier alpha value is -1.98. The smallest absolute Gasteiger partial charge is 0.337 e. The van der Waals surface area contributed by atoms with Crippen molar-refractivity contribution >= 4 is 10.0 Å². The second-order valence-electron chi connectivity index (χ2n) is 6.96. The lowest BCUT2D eigenvalue weighted by Crippen LogP contribution is -2.49. The average Bonchev–Trinajstić information content (AvgIpc) is 3.17. The Morgan fingerprint density at radius 1 is 1.21 bits per heavy atom. The van der Waals surface area contributed by atoms with Crippen LogP contribution in [0.3, 0.4) is 0 Å². The van der Waals surface area contributed by atoms with Crippen LogP contribution in [-0.2, 0) is 16.2 Å². The van der Waals surface area contributed by atoms with Crippen LogP contribution >= 0.6 is 0 Å². The fourth-order valence-corrected chi connectivity index (χ4v) is 4.76. The van der Waals surface area contributed by atoms with E-state index >= 15 is 0 Å². The maximum Gasteiger partial charge on any atom is 0.416 e. The SMILES string of the molecule is CCCS(=O)(=O)N1CCN(C(C)c2nc(-c3cccc(C(F)(F)F)c3)no2)CC1. The Morgan fingerprint density at radius 2 is 1.90 bits per heavy atom. The average molecular weight is 432 g/mol. The maximum absolute atomic E-state index is 12.9.